The van der Waals surface area contributed by atoms with Crippen molar-refractivity contribution < 1.29 is 14.1 Å². The van der Waals surface area contributed by atoms with Crippen LogP contribution >= 0.6 is 15.9 Å². The Morgan fingerprint density at radius 3 is 2.64 bits per heavy atom. The van der Waals surface area contributed by atoms with Crippen LogP contribution in [0, 0.1) is 15.9 Å². The van der Waals surface area contributed by atoms with Gasteiger partial charge in [0, 0.05) is 21.8 Å². The number of aryl methyl sites for hydroxylation is 1. The van der Waals surface area contributed by atoms with E-state index >= 15 is 0 Å². The molecule has 0 saturated heterocycles. The van der Waals surface area contributed by atoms with Crippen LogP contribution in [0.15, 0.2) is 40.9 Å². The maximum absolute atomic E-state index is 13.0. The third-order valence-corrected chi connectivity index (χ3v) is 3.75. The number of amides is 1. The number of anilines is 1. The van der Waals surface area contributed by atoms with Gasteiger partial charge in [0.15, 0.2) is 0 Å². The van der Waals surface area contributed by atoms with Crippen LogP contribution in [0.2, 0.25) is 0 Å². The number of rotatable bonds is 4. The number of carbonyl (C=O) groups excluding carboxylic acids is 1. The van der Waals surface area contributed by atoms with E-state index < -0.39 is 16.6 Å². The summed E-state index contributed by atoms with van der Waals surface area (Å²) in [7, 11) is 0. The Kier molecular flexibility index (Phi) is 4.87. The molecule has 0 fully saturated rings. The van der Waals surface area contributed by atoms with E-state index in [1.54, 1.807) is 12.1 Å². The summed E-state index contributed by atoms with van der Waals surface area (Å²) in [6, 6.07) is 8.20. The van der Waals surface area contributed by atoms with Gasteiger partial charge in [0.05, 0.1) is 10.5 Å². The molecule has 0 aliphatic carbocycles. The molecule has 0 aliphatic heterocycles. The lowest BCUT2D eigenvalue weighted by Gasteiger charge is -2.08. The number of carbonyl (C=O) groups is 1. The number of nitrogens with one attached hydrogen (secondary N) is 1. The molecule has 5 nitrogen and oxygen atoms in total. The summed E-state index contributed by atoms with van der Waals surface area (Å²) in [6.07, 6.45) is 0.522. The molecule has 0 radical (unpaired) electrons. The second-order valence-electron chi connectivity index (χ2n) is 4.53. The molecule has 0 aromatic heterocycles. The lowest BCUT2D eigenvalue weighted by atomic mass is 10.1. The molecule has 0 bridgehead atoms. The second kappa shape index (κ2) is 6.65. The summed E-state index contributed by atoms with van der Waals surface area (Å²) >= 11 is 3.11. The molecule has 2 aromatic carbocycles. The van der Waals surface area contributed by atoms with Crippen LogP contribution in [0.3, 0.4) is 0 Å². The van der Waals surface area contributed by atoms with Crippen LogP contribution in [-0.4, -0.2) is 10.8 Å². The fraction of sp³-hybridized carbons (Fsp3) is 0.133. The summed E-state index contributed by atoms with van der Waals surface area (Å²) < 4.78 is 13.3. The largest absolute Gasteiger partial charge is 0.322 e. The van der Waals surface area contributed by atoms with Gasteiger partial charge in [0.25, 0.3) is 11.6 Å². The number of benzene rings is 2. The van der Waals surface area contributed by atoms with Crippen molar-refractivity contribution in [3.8, 4) is 0 Å². The van der Waals surface area contributed by atoms with E-state index in [0.717, 1.165) is 0 Å². The van der Waals surface area contributed by atoms with Crippen LogP contribution < -0.4 is 5.32 Å². The summed E-state index contributed by atoms with van der Waals surface area (Å²) in [5.41, 5.74) is 1.10. The summed E-state index contributed by atoms with van der Waals surface area (Å²) in [5, 5.41) is 13.6. The van der Waals surface area contributed by atoms with Gasteiger partial charge in [-0.15, -0.1) is 0 Å². The van der Waals surface area contributed by atoms with Crippen molar-refractivity contribution in [1.82, 2.24) is 0 Å². The maximum Gasteiger partial charge on any atom is 0.274 e. The van der Waals surface area contributed by atoms with Gasteiger partial charge in [-0.25, -0.2) is 4.39 Å². The third kappa shape index (κ3) is 3.48. The highest BCUT2D eigenvalue weighted by Gasteiger charge is 2.16. The van der Waals surface area contributed by atoms with E-state index in [9.17, 15) is 19.3 Å². The molecule has 0 heterocycles. The average Bonchev–Trinajstić information content (AvgIpc) is 2.46. The number of hydrogen-bond donors (Lipinski definition) is 1. The Labute approximate surface area is 134 Å². The van der Waals surface area contributed by atoms with Gasteiger partial charge in [-0.3, -0.25) is 14.9 Å². The first-order chi connectivity index (χ1) is 10.4. The van der Waals surface area contributed by atoms with Crippen LogP contribution in [0.25, 0.3) is 0 Å². The van der Waals surface area contributed by atoms with Gasteiger partial charge in [-0.2, -0.15) is 0 Å². The lowest BCUT2D eigenvalue weighted by molar-refractivity contribution is -0.385. The van der Waals surface area contributed by atoms with Gasteiger partial charge < -0.3 is 5.32 Å². The van der Waals surface area contributed by atoms with Crippen molar-refractivity contribution in [3.63, 3.8) is 0 Å². The van der Waals surface area contributed by atoms with E-state index in [1.807, 2.05) is 6.92 Å². The zero-order valence-electron chi connectivity index (χ0n) is 11.6. The van der Waals surface area contributed by atoms with Gasteiger partial charge in [0.1, 0.15) is 5.82 Å². The Balaban J connectivity index is 2.28. The first-order valence-electron chi connectivity index (χ1n) is 6.46. The van der Waals surface area contributed by atoms with Gasteiger partial charge in [0.2, 0.25) is 0 Å². The normalized spacial score (nSPS) is 10.3. The zero-order chi connectivity index (χ0) is 16.3. The highest BCUT2D eigenvalue weighted by Crippen LogP contribution is 2.25. The second-order valence-corrected chi connectivity index (χ2v) is 5.39. The van der Waals surface area contributed by atoms with E-state index in [1.165, 1.54) is 24.3 Å². The van der Waals surface area contributed by atoms with Crippen molar-refractivity contribution in [2.45, 2.75) is 13.3 Å². The minimum absolute atomic E-state index is 0.0431. The van der Waals surface area contributed by atoms with E-state index in [0.29, 0.717) is 22.1 Å². The molecule has 2 rings (SSSR count). The van der Waals surface area contributed by atoms with Gasteiger partial charge >= 0.3 is 0 Å². The highest BCUT2D eigenvalue weighted by molar-refractivity contribution is 9.10. The molecular formula is C15H12BrFN2O3. The van der Waals surface area contributed by atoms with Crippen molar-refractivity contribution in [1.29, 1.82) is 0 Å². The molecule has 0 unspecified atom stereocenters. The quantitative estimate of drug-likeness (QED) is 0.647. The molecule has 7 heteroatoms. The molecule has 22 heavy (non-hydrogen) atoms. The van der Waals surface area contributed by atoms with Crippen molar-refractivity contribution in [3.05, 3.63) is 67.9 Å². The molecule has 1 N–H and O–H groups in total. The number of hydrogen-bond acceptors (Lipinski definition) is 3. The standard InChI is InChI=1S/C15H12BrFN2O3/c1-2-9-3-5-11(8-14(9)19(21)22)18-15(20)12-6-4-10(17)7-13(12)16/h3-8H,2H2,1H3,(H,18,20). The zero-order valence-corrected chi connectivity index (χ0v) is 13.2. The molecule has 114 valence electrons. The predicted molar refractivity (Wildman–Crippen MR) is 84.5 cm³/mol. The molecule has 0 aliphatic rings. The van der Waals surface area contributed by atoms with Crippen molar-refractivity contribution >= 4 is 33.2 Å². The minimum atomic E-state index is -0.484. The predicted octanol–water partition coefficient (Wildman–Crippen LogP) is 4.31. The van der Waals surface area contributed by atoms with E-state index in [4.69, 9.17) is 0 Å². The van der Waals surface area contributed by atoms with Gasteiger partial charge in [-0.1, -0.05) is 13.0 Å². The first-order valence-corrected chi connectivity index (χ1v) is 7.25. The Hall–Kier alpha value is -2.28. The fourth-order valence-corrected chi connectivity index (χ4v) is 2.51. The number of halogens is 2. The monoisotopic (exact) mass is 366 g/mol. The Morgan fingerprint density at radius 2 is 2.05 bits per heavy atom. The topological polar surface area (TPSA) is 72.2 Å². The molecule has 0 saturated carbocycles. The molecular weight excluding hydrogens is 355 g/mol. The van der Waals surface area contributed by atoms with Crippen molar-refractivity contribution in [2.24, 2.45) is 0 Å². The molecule has 0 spiro atoms. The van der Waals surface area contributed by atoms with Crippen molar-refractivity contribution in [2.75, 3.05) is 5.32 Å². The highest BCUT2D eigenvalue weighted by atomic mass is 79.9. The fourth-order valence-electron chi connectivity index (χ4n) is 1.98. The van der Waals surface area contributed by atoms with Crippen LogP contribution in [0.5, 0.6) is 0 Å². The first kappa shape index (κ1) is 16.1. The van der Waals surface area contributed by atoms with Crippen LogP contribution in [0.4, 0.5) is 15.8 Å². The molecule has 0 atom stereocenters. The summed E-state index contributed by atoms with van der Waals surface area (Å²) in [4.78, 5) is 22.7. The average molecular weight is 367 g/mol. The molecule has 2 aromatic rings. The molecule has 1 amide bonds. The van der Waals surface area contributed by atoms with Crippen LogP contribution in [0.1, 0.15) is 22.8 Å². The number of nitrogens with zero attached hydrogens (tertiary/aromatic N) is 1. The number of nitro benzene ring substituents is 1. The number of nitro groups is 1. The van der Waals surface area contributed by atoms with E-state index in [2.05, 4.69) is 21.2 Å². The minimum Gasteiger partial charge on any atom is -0.322 e. The van der Waals surface area contributed by atoms with Crippen LogP contribution in [-0.2, 0) is 6.42 Å². The Bertz CT molecular complexity index is 750. The SMILES string of the molecule is CCc1ccc(NC(=O)c2ccc(F)cc2Br)cc1[N+](=O)[O-]. The Morgan fingerprint density at radius 1 is 1.32 bits per heavy atom. The summed E-state index contributed by atoms with van der Waals surface area (Å²) in [5.74, 6) is -0.947. The van der Waals surface area contributed by atoms with E-state index in [-0.39, 0.29) is 11.3 Å². The summed E-state index contributed by atoms with van der Waals surface area (Å²) in [6.45, 7) is 1.82. The van der Waals surface area contributed by atoms with Gasteiger partial charge in [-0.05, 0) is 46.6 Å². The third-order valence-electron chi connectivity index (χ3n) is 3.10. The smallest absolute Gasteiger partial charge is 0.274 e. The maximum atomic E-state index is 13.0. The lowest BCUT2D eigenvalue weighted by Crippen LogP contribution is -2.13.